The standard InChI is InChI=1S/C26H25ClN4O5/c1-34-23-7-3-5-18(26(23)35-2)25-19-13-16(27)8-9-20(19)30-11-4-6-21(30)22(36-25)10-12-31-17(14-24(32)33)15-28-29-31/h3-9,11,13,15,22,25H,10,12,14H2,1-2H3,(H,32,33)/t22-,25-/m1/s1. The Morgan fingerprint density at radius 3 is 2.78 bits per heavy atom. The van der Waals surface area contributed by atoms with Crippen LogP contribution in [0.4, 0.5) is 0 Å². The van der Waals surface area contributed by atoms with Gasteiger partial charge in [-0.3, -0.25) is 4.79 Å². The number of aryl methyl sites for hydroxylation is 1. The van der Waals surface area contributed by atoms with Gasteiger partial charge in [0.05, 0.1) is 43.9 Å². The highest BCUT2D eigenvalue weighted by Gasteiger charge is 2.33. The van der Waals surface area contributed by atoms with Gasteiger partial charge >= 0.3 is 5.97 Å². The molecule has 0 bridgehead atoms. The Balaban J connectivity index is 1.58. The number of hydrogen-bond donors (Lipinski definition) is 1. The molecule has 2 aromatic carbocycles. The molecule has 0 saturated heterocycles. The number of benzene rings is 2. The van der Waals surface area contributed by atoms with Crippen LogP contribution < -0.4 is 9.47 Å². The second kappa shape index (κ2) is 10.0. The van der Waals surface area contributed by atoms with E-state index in [-0.39, 0.29) is 12.5 Å². The molecule has 0 fully saturated rings. The van der Waals surface area contributed by atoms with E-state index in [1.807, 2.05) is 54.7 Å². The van der Waals surface area contributed by atoms with Crippen LogP contribution in [0.15, 0.2) is 60.9 Å². The van der Waals surface area contributed by atoms with Crippen LogP contribution >= 0.6 is 11.6 Å². The second-order valence-corrected chi connectivity index (χ2v) is 8.84. The lowest BCUT2D eigenvalue weighted by molar-refractivity contribution is -0.136. The minimum absolute atomic E-state index is 0.150. The SMILES string of the molecule is COc1cccc([C@H]2O[C@H](CCn3nncc3CC(=O)O)c3cccn3-c3ccc(Cl)cc32)c1OC. The maximum Gasteiger partial charge on any atom is 0.309 e. The van der Waals surface area contributed by atoms with E-state index in [2.05, 4.69) is 14.9 Å². The predicted octanol–water partition coefficient (Wildman–Crippen LogP) is 4.62. The molecular weight excluding hydrogens is 484 g/mol. The Bertz CT molecular complexity index is 1400. The summed E-state index contributed by atoms with van der Waals surface area (Å²) in [5.74, 6) is 0.250. The van der Waals surface area contributed by atoms with E-state index in [0.29, 0.717) is 35.2 Å². The number of aliphatic carboxylic acids is 1. The Labute approximate surface area is 212 Å². The number of fused-ring (bicyclic) bond motifs is 3. The van der Waals surface area contributed by atoms with E-state index in [4.69, 9.17) is 25.8 Å². The average molecular weight is 509 g/mol. The molecule has 186 valence electrons. The van der Waals surface area contributed by atoms with Crippen LogP contribution in [0, 0.1) is 0 Å². The number of nitrogens with zero attached hydrogens (tertiary/aromatic N) is 4. The molecule has 5 rings (SSSR count). The molecule has 36 heavy (non-hydrogen) atoms. The zero-order valence-electron chi connectivity index (χ0n) is 19.8. The Morgan fingerprint density at radius 1 is 1.14 bits per heavy atom. The molecule has 1 N–H and O–H groups in total. The molecule has 1 aliphatic heterocycles. The highest BCUT2D eigenvalue weighted by atomic mass is 35.5. The number of para-hydroxylation sites is 1. The summed E-state index contributed by atoms with van der Waals surface area (Å²) in [4.78, 5) is 11.2. The zero-order chi connectivity index (χ0) is 25.2. The minimum Gasteiger partial charge on any atom is -0.493 e. The van der Waals surface area contributed by atoms with Crippen LogP contribution in [-0.4, -0.2) is 44.9 Å². The monoisotopic (exact) mass is 508 g/mol. The van der Waals surface area contributed by atoms with Crippen LogP contribution in [0.2, 0.25) is 5.02 Å². The fourth-order valence-electron chi connectivity index (χ4n) is 4.71. The Kier molecular flexibility index (Phi) is 6.67. The number of ether oxygens (including phenoxy) is 3. The summed E-state index contributed by atoms with van der Waals surface area (Å²) in [6, 6.07) is 15.4. The van der Waals surface area contributed by atoms with Gasteiger partial charge in [-0.05, 0) is 42.8 Å². The zero-order valence-corrected chi connectivity index (χ0v) is 20.6. The van der Waals surface area contributed by atoms with Crippen molar-refractivity contribution < 1.29 is 24.1 Å². The van der Waals surface area contributed by atoms with E-state index in [9.17, 15) is 9.90 Å². The topological polar surface area (TPSA) is 101 Å². The molecule has 2 aromatic heterocycles. The van der Waals surface area contributed by atoms with E-state index in [0.717, 1.165) is 22.5 Å². The van der Waals surface area contributed by atoms with Gasteiger partial charge in [0.25, 0.3) is 0 Å². The third-order valence-corrected chi connectivity index (χ3v) is 6.53. The van der Waals surface area contributed by atoms with Crippen LogP contribution in [0.5, 0.6) is 11.5 Å². The van der Waals surface area contributed by atoms with Crippen molar-refractivity contribution in [3.63, 3.8) is 0 Å². The Morgan fingerprint density at radius 2 is 2.00 bits per heavy atom. The smallest absolute Gasteiger partial charge is 0.309 e. The number of aromatic nitrogens is 4. The normalized spacial score (nSPS) is 16.6. The molecule has 0 radical (unpaired) electrons. The van der Waals surface area contributed by atoms with Crippen molar-refractivity contribution in [2.75, 3.05) is 14.2 Å². The number of halogens is 1. The largest absolute Gasteiger partial charge is 0.493 e. The number of carboxylic acids is 1. The highest BCUT2D eigenvalue weighted by molar-refractivity contribution is 6.30. The maximum atomic E-state index is 11.2. The van der Waals surface area contributed by atoms with Crippen molar-refractivity contribution >= 4 is 17.6 Å². The minimum atomic E-state index is -0.935. The third-order valence-electron chi connectivity index (χ3n) is 6.29. The molecule has 0 spiro atoms. The number of hydrogen-bond acceptors (Lipinski definition) is 6. The van der Waals surface area contributed by atoms with Crippen molar-refractivity contribution in [3.8, 4) is 17.2 Å². The van der Waals surface area contributed by atoms with Gasteiger partial charge in [0.15, 0.2) is 11.5 Å². The van der Waals surface area contributed by atoms with Gasteiger partial charge in [-0.2, -0.15) is 0 Å². The number of carboxylic acid groups (broad SMARTS) is 1. The summed E-state index contributed by atoms with van der Waals surface area (Å²) in [6.07, 6.45) is 2.99. The summed E-state index contributed by atoms with van der Waals surface area (Å²) in [7, 11) is 3.20. The van der Waals surface area contributed by atoms with Crippen molar-refractivity contribution in [1.29, 1.82) is 0 Å². The van der Waals surface area contributed by atoms with E-state index in [1.54, 1.807) is 18.9 Å². The number of methoxy groups -OCH3 is 2. The summed E-state index contributed by atoms with van der Waals surface area (Å²) in [6.45, 7) is 0.428. The summed E-state index contributed by atoms with van der Waals surface area (Å²) in [5.41, 5.74) is 4.14. The van der Waals surface area contributed by atoms with Gasteiger partial charge in [0, 0.05) is 28.9 Å². The van der Waals surface area contributed by atoms with Crippen LogP contribution in [0.1, 0.15) is 41.1 Å². The molecule has 4 aromatic rings. The van der Waals surface area contributed by atoms with E-state index >= 15 is 0 Å². The molecule has 9 nitrogen and oxygen atoms in total. The third kappa shape index (κ3) is 4.43. The van der Waals surface area contributed by atoms with Crippen molar-refractivity contribution in [2.45, 2.75) is 31.6 Å². The molecule has 0 amide bonds. The number of rotatable bonds is 8. The fraction of sp³-hybridized carbons (Fsp3) is 0.269. The molecule has 0 aliphatic carbocycles. The lowest BCUT2D eigenvalue weighted by atomic mass is 9.98. The van der Waals surface area contributed by atoms with Crippen LogP contribution in [0.25, 0.3) is 5.69 Å². The van der Waals surface area contributed by atoms with E-state index in [1.165, 1.54) is 6.20 Å². The summed E-state index contributed by atoms with van der Waals surface area (Å²) >= 11 is 6.45. The van der Waals surface area contributed by atoms with Gasteiger partial charge in [-0.1, -0.05) is 28.9 Å². The van der Waals surface area contributed by atoms with Gasteiger partial charge in [-0.15, -0.1) is 5.10 Å². The summed E-state index contributed by atoms with van der Waals surface area (Å²) in [5, 5.41) is 17.8. The van der Waals surface area contributed by atoms with Gasteiger partial charge in [0.2, 0.25) is 0 Å². The second-order valence-electron chi connectivity index (χ2n) is 8.40. The first-order valence-corrected chi connectivity index (χ1v) is 11.8. The first kappa shape index (κ1) is 23.9. The van der Waals surface area contributed by atoms with Gasteiger partial charge in [-0.25, -0.2) is 4.68 Å². The van der Waals surface area contributed by atoms with E-state index < -0.39 is 12.1 Å². The molecule has 10 heteroatoms. The molecule has 3 heterocycles. The molecule has 2 atom stereocenters. The average Bonchev–Trinajstić information content (AvgIpc) is 3.50. The molecule has 1 aliphatic rings. The van der Waals surface area contributed by atoms with Gasteiger partial charge < -0.3 is 23.9 Å². The molecular formula is C26H25ClN4O5. The Hall–Kier alpha value is -3.82. The first-order valence-electron chi connectivity index (χ1n) is 11.4. The van der Waals surface area contributed by atoms with Crippen molar-refractivity contribution in [1.82, 2.24) is 19.6 Å². The van der Waals surface area contributed by atoms with Crippen LogP contribution in [-0.2, 0) is 22.5 Å². The maximum absolute atomic E-state index is 11.2. The molecule has 0 unspecified atom stereocenters. The lowest BCUT2D eigenvalue weighted by Gasteiger charge is -2.25. The predicted molar refractivity (Wildman–Crippen MR) is 132 cm³/mol. The highest BCUT2D eigenvalue weighted by Crippen LogP contribution is 2.46. The molecule has 0 saturated carbocycles. The van der Waals surface area contributed by atoms with Crippen molar-refractivity contribution in [3.05, 3.63) is 88.5 Å². The van der Waals surface area contributed by atoms with Crippen LogP contribution in [0.3, 0.4) is 0 Å². The summed E-state index contributed by atoms with van der Waals surface area (Å²) < 4.78 is 21.8. The fourth-order valence-corrected chi connectivity index (χ4v) is 4.89. The lowest BCUT2D eigenvalue weighted by Crippen LogP contribution is -2.16. The van der Waals surface area contributed by atoms with Gasteiger partial charge in [0.1, 0.15) is 12.2 Å². The first-order chi connectivity index (χ1) is 17.5. The number of carbonyl (C=O) groups is 1. The van der Waals surface area contributed by atoms with Crippen molar-refractivity contribution in [2.24, 2.45) is 0 Å². The quantitative estimate of drug-likeness (QED) is 0.370.